The van der Waals surface area contributed by atoms with Crippen molar-refractivity contribution in [1.82, 2.24) is 14.8 Å². The molecule has 0 fully saturated rings. The lowest BCUT2D eigenvalue weighted by molar-refractivity contribution is -0.113. The Morgan fingerprint density at radius 2 is 1.75 bits per heavy atom. The molecule has 7 heteroatoms. The van der Waals surface area contributed by atoms with Crippen molar-refractivity contribution in [2.24, 2.45) is 0 Å². The molecule has 0 spiro atoms. The highest BCUT2D eigenvalue weighted by molar-refractivity contribution is 7.98. The number of anilines is 2. The number of benzene rings is 3. The molecule has 1 aliphatic rings. The van der Waals surface area contributed by atoms with Gasteiger partial charge in [-0.3, -0.25) is 4.79 Å². The predicted octanol–water partition coefficient (Wildman–Crippen LogP) is 6.42. The van der Waals surface area contributed by atoms with Crippen LogP contribution in [0.2, 0.25) is 0 Å². The Hall–Kier alpha value is -3.84. The van der Waals surface area contributed by atoms with Gasteiger partial charge in [0.25, 0.3) is 5.91 Å². The van der Waals surface area contributed by atoms with Crippen LogP contribution in [0.3, 0.4) is 0 Å². The summed E-state index contributed by atoms with van der Waals surface area (Å²) in [5.74, 6) is 1.25. The molecule has 5 rings (SSSR count). The lowest BCUT2D eigenvalue weighted by Crippen LogP contribution is -2.31. The van der Waals surface area contributed by atoms with Gasteiger partial charge in [-0.15, -0.1) is 5.10 Å². The van der Waals surface area contributed by atoms with Crippen LogP contribution in [0.25, 0.3) is 0 Å². The van der Waals surface area contributed by atoms with Crippen LogP contribution >= 0.6 is 11.8 Å². The number of rotatable bonds is 6. The van der Waals surface area contributed by atoms with Crippen LogP contribution < -0.4 is 10.6 Å². The van der Waals surface area contributed by atoms with Crippen LogP contribution in [0.5, 0.6) is 0 Å². The Morgan fingerprint density at radius 3 is 2.50 bits per heavy atom. The van der Waals surface area contributed by atoms with E-state index in [-0.39, 0.29) is 5.91 Å². The molecular weight excluding hydrogens is 466 g/mol. The van der Waals surface area contributed by atoms with Crippen molar-refractivity contribution in [3.8, 4) is 0 Å². The number of para-hydroxylation sites is 1. The van der Waals surface area contributed by atoms with E-state index >= 15 is 0 Å². The summed E-state index contributed by atoms with van der Waals surface area (Å²) in [7, 11) is 0. The normalized spacial score (nSPS) is 14.8. The molecule has 4 aromatic rings. The van der Waals surface area contributed by atoms with Crippen molar-refractivity contribution in [2.75, 3.05) is 10.6 Å². The summed E-state index contributed by atoms with van der Waals surface area (Å²) in [5.41, 5.74) is 7.79. The van der Waals surface area contributed by atoms with Gasteiger partial charge in [0.05, 0.1) is 5.57 Å². The quantitative estimate of drug-likeness (QED) is 0.302. The molecule has 6 nitrogen and oxygen atoms in total. The summed E-state index contributed by atoms with van der Waals surface area (Å²) in [6.07, 6.45) is 0. The second-order valence-corrected chi connectivity index (χ2v) is 10.1. The van der Waals surface area contributed by atoms with E-state index < -0.39 is 6.04 Å². The molecule has 1 amide bonds. The Labute approximate surface area is 215 Å². The third kappa shape index (κ3) is 4.93. The maximum absolute atomic E-state index is 13.7. The molecule has 2 heterocycles. The number of aromatic nitrogens is 3. The van der Waals surface area contributed by atoms with Crippen molar-refractivity contribution in [3.63, 3.8) is 0 Å². The SMILES string of the molecule is CC1=C(C(=O)Nc2ccccc2C)[C@@H](c2ccc(C)cc2)n2nc(SCc3cccc(C)c3)nc2N1. The van der Waals surface area contributed by atoms with Crippen LogP contribution in [-0.4, -0.2) is 20.7 Å². The van der Waals surface area contributed by atoms with Gasteiger partial charge in [0.1, 0.15) is 6.04 Å². The molecule has 36 heavy (non-hydrogen) atoms. The van der Waals surface area contributed by atoms with Gasteiger partial charge in [-0.05, 0) is 50.5 Å². The fraction of sp³-hybridized carbons (Fsp3) is 0.207. The van der Waals surface area contributed by atoms with Crippen molar-refractivity contribution in [1.29, 1.82) is 0 Å². The minimum atomic E-state index is -0.397. The molecule has 0 aliphatic carbocycles. The van der Waals surface area contributed by atoms with E-state index in [4.69, 9.17) is 10.1 Å². The van der Waals surface area contributed by atoms with Crippen LogP contribution in [0.1, 0.15) is 40.8 Å². The Kier molecular flexibility index (Phi) is 6.65. The molecule has 0 bridgehead atoms. The molecule has 182 valence electrons. The standard InChI is InChI=1S/C29H29N5OS/c1-18-12-14-23(15-13-18)26-25(27(35)31-24-11-6-5-9-20(24)3)21(4)30-28-32-29(33-34(26)28)36-17-22-10-7-8-19(2)16-22/h5-16,26H,17H2,1-4H3,(H,31,35)(H,30,32,33)/t26-/m1/s1. The number of carbonyl (C=O) groups excluding carboxylic acids is 1. The topological polar surface area (TPSA) is 71.8 Å². The summed E-state index contributed by atoms with van der Waals surface area (Å²) >= 11 is 1.59. The zero-order valence-corrected chi connectivity index (χ0v) is 21.7. The first-order valence-electron chi connectivity index (χ1n) is 12.0. The first kappa shape index (κ1) is 23.9. The average molecular weight is 496 g/mol. The van der Waals surface area contributed by atoms with Gasteiger partial charge in [0, 0.05) is 17.1 Å². The molecule has 0 saturated heterocycles. The van der Waals surface area contributed by atoms with E-state index in [1.54, 1.807) is 11.8 Å². The van der Waals surface area contributed by atoms with Gasteiger partial charge in [0.15, 0.2) is 0 Å². The van der Waals surface area contributed by atoms with Gasteiger partial charge in [-0.1, -0.05) is 89.6 Å². The molecule has 3 aromatic carbocycles. The lowest BCUT2D eigenvalue weighted by atomic mass is 9.94. The highest BCUT2D eigenvalue weighted by Crippen LogP contribution is 2.37. The second kappa shape index (κ2) is 10.0. The molecular formula is C29H29N5OS. The smallest absolute Gasteiger partial charge is 0.255 e. The van der Waals surface area contributed by atoms with Gasteiger partial charge in [0.2, 0.25) is 11.1 Å². The lowest BCUT2D eigenvalue weighted by Gasteiger charge is -2.29. The largest absolute Gasteiger partial charge is 0.328 e. The number of carbonyl (C=O) groups is 1. The Bertz CT molecular complexity index is 1450. The van der Waals surface area contributed by atoms with Crippen LogP contribution in [0, 0.1) is 20.8 Å². The van der Waals surface area contributed by atoms with Crippen molar-refractivity contribution in [3.05, 3.63) is 112 Å². The number of hydrogen-bond donors (Lipinski definition) is 2. The van der Waals surface area contributed by atoms with Gasteiger partial charge in [-0.25, -0.2) is 4.68 Å². The molecule has 0 radical (unpaired) electrons. The highest BCUT2D eigenvalue weighted by Gasteiger charge is 2.34. The first-order valence-corrected chi connectivity index (χ1v) is 12.9. The molecule has 0 saturated carbocycles. The third-order valence-corrected chi connectivity index (χ3v) is 7.22. The van der Waals surface area contributed by atoms with E-state index in [0.717, 1.165) is 33.8 Å². The summed E-state index contributed by atoms with van der Waals surface area (Å²) in [5, 5.41) is 12.0. The van der Waals surface area contributed by atoms with Crippen LogP contribution in [-0.2, 0) is 10.5 Å². The van der Waals surface area contributed by atoms with E-state index in [0.29, 0.717) is 16.7 Å². The number of fused-ring (bicyclic) bond motifs is 1. The summed E-state index contributed by atoms with van der Waals surface area (Å²) in [6.45, 7) is 8.06. The fourth-order valence-electron chi connectivity index (χ4n) is 4.40. The number of aryl methyl sites for hydroxylation is 3. The summed E-state index contributed by atoms with van der Waals surface area (Å²) < 4.78 is 1.84. The second-order valence-electron chi connectivity index (χ2n) is 9.19. The van der Waals surface area contributed by atoms with Crippen molar-refractivity contribution >= 4 is 29.3 Å². The van der Waals surface area contributed by atoms with Crippen LogP contribution in [0.15, 0.2) is 89.2 Å². The molecule has 1 aliphatic heterocycles. The Balaban J connectivity index is 1.49. The van der Waals surface area contributed by atoms with Gasteiger partial charge in [-0.2, -0.15) is 4.98 Å². The van der Waals surface area contributed by atoms with Crippen molar-refractivity contribution < 1.29 is 4.79 Å². The number of thioether (sulfide) groups is 1. The van der Waals surface area contributed by atoms with Crippen molar-refractivity contribution in [2.45, 2.75) is 44.6 Å². The molecule has 2 N–H and O–H groups in total. The van der Waals surface area contributed by atoms with E-state index in [1.807, 2.05) is 42.8 Å². The third-order valence-electron chi connectivity index (χ3n) is 6.31. The minimum Gasteiger partial charge on any atom is -0.328 e. The molecule has 1 atom stereocenters. The number of allylic oxidation sites excluding steroid dienone is 1. The maximum Gasteiger partial charge on any atom is 0.255 e. The number of nitrogens with zero attached hydrogens (tertiary/aromatic N) is 3. The predicted molar refractivity (Wildman–Crippen MR) is 146 cm³/mol. The van der Waals surface area contributed by atoms with E-state index in [2.05, 4.69) is 73.0 Å². The number of nitrogens with one attached hydrogen (secondary N) is 2. The van der Waals surface area contributed by atoms with E-state index in [1.165, 1.54) is 11.1 Å². The Morgan fingerprint density at radius 1 is 0.972 bits per heavy atom. The summed E-state index contributed by atoms with van der Waals surface area (Å²) in [6, 6.07) is 24.1. The monoisotopic (exact) mass is 495 g/mol. The summed E-state index contributed by atoms with van der Waals surface area (Å²) in [4.78, 5) is 18.4. The van der Waals surface area contributed by atoms with Gasteiger partial charge < -0.3 is 10.6 Å². The number of amides is 1. The highest BCUT2D eigenvalue weighted by atomic mass is 32.2. The van der Waals surface area contributed by atoms with E-state index in [9.17, 15) is 4.79 Å². The molecule has 0 unspecified atom stereocenters. The minimum absolute atomic E-state index is 0.157. The molecule has 1 aromatic heterocycles. The average Bonchev–Trinajstić information content (AvgIpc) is 3.26. The first-order chi connectivity index (χ1) is 17.4. The maximum atomic E-state index is 13.7. The zero-order valence-electron chi connectivity index (χ0n) is 20.9. The zero-order chi connectivity index (χ0) is 25.2. The van der Waals surface area contributed by atoms with Gasteiger partial charge >= 0.3 is 0 Å². The fourth-order valence-corrected chi connectivity index (χ4v) is 5.17. The number of hydrogen-bond acceptors (Lipinski definition) is 5. The van der Waals surface area contributed by atoms with Crippen LogP contribution in [0.4, 0.5) is 11.6 Å².